The summed E-state index contributed by atoms with van der Waals surface area (Å²) in [5.41, 5.74) is 4.83. The normalized spacial score (nSPS) is 14.1. The molecular weight excluding hydrogens is 392 g/mol. The van der Waals surface area contributed by atoms with E-state index in [4.69, 9.17) is 19.4 Å². The summed E-state index contributed by atoms with van der Waals surface area (Å²) in [5.74, 6) is 2.25. The summed E-state index contributed by atoms with van der Waals surface area (Å²) in [6.45, 7) is 2.89. The fourth-order valence-corrected chi connectivity index (χ4v) is 3.66. The zero-order valence-corrected chi connectivity index (χ0v) is 17.6. The minimum absolute atomic E-state index is 0.676. The number of fused-ring (bicyclic) bond motifs is 1. The van der Waals surface area contributed by atoms with Crippen LogP contribution in [0.15, 0.2) is 54.9 Å². The number of ether oxygens (including phenoxy) is 2. The minimum atomic E-state index is 0.676. The molecule has 1 N–H and O–H groups in total. The number of imidazole rings is 1. The zero-order chi connectivity index (χ0) is 21.2. The Kier molecular flexibility index (Phi) is 5.13. The first-order valence-electron chi connectivity index (χ1n) is 10.2. The van der Waals surface area contributed by atoms with Crippen molar-refractivity contribution in [1.29, 1.82) is 0 Å². The van der Waals surface area contributed by atoms with Crippen molar-refractivity contribution in [1.82, 2.24) is 19.5 Å². The molecule has 2 aromatic heterocycles. The summed E-state index contributed by atoms with van der Waals surface area (Å²) < 4.78 is 12.8. The van der Waals surface area contributed by atoms with Gasteiger partial charge in [0.05, 0.1) is 43.4 Å². The Hall–Kier alpha value is -3.65. The molecule has 0 bridgehead atoms. The fourth-order valence-electron chi connectivity index (χ4n) is 3.66. The number of benzene rings is 2. The van der Waals surface area contributed by atoms with Gasteiger partial charge in [-0.05, 0) is 36.4 Å². The van der Waals surface area contributed by atoms with Gasteiger partial charge in [-0.3, -0.25) is 0 Å². The van der Waals surface area contributed by atoms with E-state index in [1.165, 1.54) is 0 Å². The highest BCUT2D eigenvalue weighted by Gasteiger charge is 2.17. The lowest BCUT2D eigenvalue weighted by Crippen LogP contribution is -2.37. The van der Waals surface area contributed by atoms with Crippen LogP contribution in [0, 0.1) is 0 Å². The lowest BCUT2D eigenvalue weighted by Gasteiger charge is -2.27. The molecule has 0 aliphatic carbocycles. The summed E-state index contributed by atoms with van der Waals surface area (Å²) >= 11 is 0. The molecule has 0 amide bonds. The van der Waals surface area contributed by atoms with E-state index in [1.54, 1.807) is 7.11 Å². The quantitative estimate of drug-likeness (QED) is 0.532. The van der Waals surface area contributed by atoms with Crippen LogP contribution in [0.1, 0.15) is 0 Å². The van der Waals surface area contributed by atoms with Crippen LogP contribution >= 0.6 is 0 Å². The predicted octanol–water partition coefficient (Wildman–Crippen LogP) is 3.62. The number of nitrogens with zero attached hydrogens (tertiary/aromatic N) is 5. The Morgan fingerprint density at radius 1 is 1.00 bits per heavy atom. The SMILES string of the molecule is COc1ccc(Nc2cc(-c3ccc4ncn(C)c4c3)nc(N3CCOCC3)n2)cc1. The lowest BCUT2D eigenvalue weighted by atomic mass is 10.1. The van der Waals surface area contributed by atoms with Gasteiger partial charge in [0.25, 0.3) is 0 Å². The Bertz CT molecular complexity index is 1200. The van der Waals surface area contributed by atoms with Crippen molar-refractivity contribution >= 4 is 28.5 Å². The Morgan fingerprint density at radius 2 is 1.81 bits per heavy atom. The smallest absolute Gasteiger partial charge is 0.228 e. The van der Waals surface area contributed by atoms with E-state index in [1.807, 2.05) is 54.3 Å². The second-order valence-corrected chi connectivity index (χ2v) is 7.45. The van der Waals surface area contributed by atoms with Crippen LogP contribution in [-0.4, -0.2) is 52.9 Å². The molecule has 0 saturated carbocycles. The largest absolute Gasteiger partial charge is 0.497 e. The van der Waals surface area contributed by atoms with Crippen LogP contribution in [0.5, 0.6) is 5.75 Å². The highest BCUT2D eigenvalue weighted by atomic mass is 16.5. The molecule has 1 aliphatic heterocycles. The molecule has 8 nitrogen and oxygen atoms in total. The van der Waals surface area contributed by atoms with Crippen molar-refractivity contribution < 1.29 is 9.47 Å². The highest BCUT2D eigenvalue weighted by molar-refractivity contribution is 5.82. The number of hydrogen-bond acceptors (Lipinski definition) is 7. The zero-order valence-electron chi connectivity index (χ0n) is 17.6. The van der Waals surface area contributed by atoms with E-state index in [2.05, 4.69) is 27.3 Å². The van der Waals surface area contributed by atoms with Crippen LogP contribution < -0.4 is 15.0 Å². The van der Waals surface area contributed by atoms with Crippen LogP contribution in [0.4, 0.5) is 17.5 Å². The molecule has 1 saturated heterocycles. The van der Waals surface area contributed by atoms with Crippen molar-refractivity contribution in [2.75, 3.05) is 43.6 Å². The van der Waals surface area contributed by atoms with Gasteiger partial charge in [0.15, 0.2) is 0 Å². The maximum absolute atomic E-state index is 5.50. The third-order valence-corrected chi connectivity index (χ3v) is 5.39. The van der Waals surface area contributed by atoms with E-state index in [-0.39, 0.29) is 0 Å². The average Bonchev–Trinajstić information content (AvgIpc) is 3.20. The monoisotopic (exact) mass is 416 g/mol. The van der Waals surface area contributed by atoms with Gasteiger partial charge in [-0.1, -0.05) is 6.07 Å². The van der Waals surface area contributed by atoms with Crippen molar-refractivity contribution in [2.45, 2.75) is 0 Å². The average molecular weight is 416 g/mol. The second-order valence-electron chi connectivity index (χ2n) is 7.45. The molecular formula is C23H24N6O2. The topological polar surface area (TPSA) is 77.3 Å². The first-order valence-corrected chi connectivity index (χ1v) is 10.2. The van der Waals surface area contributed by atoms with Gasteiger partial charge in [0, 0.05) is 37.5 Å². The molecule has 158 valence electrons. The van der Waals surface area contributed by atoms with Crippen LogP contribution in [-0.2, 0) is 11.8 Å². The summed E-state index contributed by atoms with van der Waals surface area (Å²) in [6, 6.07) is 16.0. The number of rotatable bonds is 5. The molecule has 1 fully saturated rings. The fraction of sp³-hybridized carbons (Fsp3) is 0.261. The van der Waals surface area contributed by atoms with Gasteiger partial charge < -0.3 is 24.3 Å². The molecule has 8 heteroatoms. The summed E-state index contributed by atoms with van der Waals surface area (Å²) in [4.78, 5) is 16.3. The molecule has 4 aromatic rings. The van der Waals surface area contributed by atoms with Gasteiger partial charge in [-0.25, -0.2) is 9.97 Å². The van der Waals surface area contributed by atoms with Gasteiger partial charge in [-0.15, -0.1) is 0 Å². The first kappa shape index (κ1) is 19.3. The molecule has 3 heterocycles. The molecule has 5 rings (SSSR count). The molecule has 31 heavy (non-hydrogen) atoms. The van der Waals surface area contributed by atoms with E-state index in [0.29, 0.717) is 19.2 Å². The third-order valence-electron chi connectivity index (χ3n) is 5.39. The molecule has 0 spiro atoms. The predicted molar refractivity (Wildman–Crippen MR) is 121 cm³/mol. The summed E-state index contributed by atoms with van der Waals surface area (Å²) in [7, 11) is 3.65. The maximum atomic E-state index is 5.50. The molecule has 0 radical (unpaired) electrons. The number of methoxy groups -OCH3 is 1. The van der Waals surface area contributed by atoms with Crippen molar-refractivity contribution in [3.63, 3.8) is 0 Å². The van der Waals surface area contributed by atoms with Gasteiger partial charge in [0.1, 0.15) is 11.6 Å². The van der Waals surface area contributed by atoms with E-state index in [0.717, 1.165) is 52.6 Å². The number of aromatic nitrogens is 4. The second kappa shape index (κ2) is 8.23. The standard InChI is InChI=1S/C23H24N6O2/c1-28-15-24-19-8-3-16(13-21(19)28)20-14-22(25-17-4-6-18(30-2)7-5-17)27-23(26-20)29-9-11-31-12-10-29/h3-8,13-15H,9-12H2,1-2H3,(H,25,26,27). The molecule has 2 aromatic carbocycles. The maximum Gasteiger partial charge on any atom is 0.228 e. The van der Waals surface area contributed by atoms with E-state index >= 15 is 0 Å². The Balaban J connectivity index is 1.55. The lowest BCUT2D eigenvalue weighted by molar-refractivity contribution is 0.122. The number of morpholine rings is 1. The molecule has 0 unspecified atom stereocenters. The van der Waals surface area contributed by atoms with Gasteiger partial charge >= 0.3 is 0 Å². The summed E-state index contributed by atoms with van der Waals surface area (Å²) in [6.07, 6.45) is 1.82. The molecule has 1 aliphatic rings. The van der Waals surface area contributed by atoms with Crippen molar-refractivity contribution in [2.24, 2.45) is 7.05 Å². The Labute approximate surface area is 180 Å². The summed E-state index contributed by atoms with van der Waals surface area (Å²) in [5, 5.41) is 3.41. The van der Waals surface area contributed by atoms with E-state index in [9.17, 15) is 0 Å². The van der Waals surface area contributed by atoms with E-state index < -0.39 is 0 Å². The highest BCUT2D eigenvalue weighted by Crippen LogP contribution is 2.28. The van der Waals surface area contributed by atoms with Gasteiger partial charge in [0.2, 0.25) is 5.95 Å². The number of nitrogens with one attached hydrogen (secondary N) is 1. The van der Waals surface area contributed by atoms with Crippen molar-refractivity contribution in [3.8, 4) is 17.0 Å². The van der Waals surface area contributed by atoms with Crippen molar-refractivity contribution in [3.05, 3.63) is 54.9 Å². The number of hydrogen-bond donors (Lipinski definition) is 1. The number of aryl methyl sites for hydroxylation is 1. The van der Waals surface area contributed by atoms with Crippen LogP contribution in [0.25, 0.3) is 22.3 Å². The number of anilines is 3. The molecule has 0 atom stereocenters. The minimum Gasteiger partial charge on any atom is -0.497 e. The third kappa shape index (κ3) is 4.02. The first-order chi connectivity index (χ1) is 15.2. The van der Waals surface area contributed by atoms with Gasteiger partial charge in [-0.2, -0.15) is 4.98 Å². The Morgan fingerprint density at radius 3 is 2.58 bits per heavy atom. The van der Waals surface area contributed by atoms with Crippen LogP contribution in [0.2, 0.25) is 0 Å². The van der Waals surface area contributed by atoms with Crippen LogP contribution in [0.3, 0.4) is 0 Å².